The van der Waals surface area contributed by atoms with Gasteiger partial charge in [-0.05, 0) is 32.8 Å². The topological polar surface area (TPSA) is 126 Å². The van der Waals surface area contributed by atoms with E-state index in [4.69, 9.17) is 14.2 Å². The molecular weight excluding hydrogens is 771 g/mol. The van der Waals surface area contributed by atoms with Crippen LogP contribution in [0, 0.1) is 5.92 Å². The predicted octanol–water partition coefficient (Wildman–Crippen LogP) is 9.14. The third kappa shape index (κ3) is 13.1. The summed E-state index contributed by atoms with van der Waals surface area (Å²) >= 11 is -1.16. The molecule has 2 amide bonds. The molecule has 288 valence electrons. The second kappa shape index (κ2) is 21.4. The van der Waals surface area contributed by atoms with E-state index in [1.165, 1.54) is 63.6 Å². The number of rotatable bonds is 21. The number of anilines is 2. The average molecular weight is 838 g/mol. The molecule has 1 fully saturated rings. The van der Waals surface area contributed by atoms with Crippen LogP contribution >= 0.6 is 11.8 Å². The van der Waals surface area contributed by atoms with Crippen molar-refractivity contribution < 1.29 is 34.0 Å². The zero-order chi connectivity index (χ0) is 37.6. The first-order chi connectivity index (χ1) is 24.3. The van der Waals surface area contributed by atoms with Crippen molar-refractivity contribution in [2.45, 2.75) is 155 Å². The second-order valence-corrected chi connectivity index (χ2v) is 29.0. The van der Waals surface area contributed by atoms with Crippen LogP contribution in [-0.4, -0.2) is 84.0 Å². The van der Waals surface area contributed by atoms with E-state index in [1.54, 1.807) is 13.2 Å². The molecule has 2 aliphatic heterocycles. The van der Waals surface area contributed by atoms with Gasteiger partial charge in [-0.15, -0.1) is 0 Å². The van der Waals surface area contributed by atoms with Crippen molar-refractivity contribution in [1.82, 2.24) is 0 Å². The minimum absolute atomic E-state index is 0.0232. The molecule has 0 bridgehead atoms. The van der Waals surface area contributed by atoms with Gasteiger partial charge in [-0.25, -0.2) is 0 Å². The summed E-state index contributed by atoms with van der Waals surface area (Å²) in [6.07, 6.45) is 12.9. The van der Waals surface area contributed by atoms with Gasteiger partial charge in [-0.2, -0.15) is 0 Å². The summed E-state index contributed by atoms with van der Waals surface area (Å²) in [4.78, 5) is 26.7. The Morgan fingerprint density at radius 3 is 2.39 bits per heavy atom. The molecule has 1 aromatic rings. The number of ether oxygens (including phenoxy) is 3. The predicted molar refractivity (Wildman–Crippen MR) is 212 cm³/mol. The van der Waals surface area contributed by atoms with E-state index in [-0.39, 0.29) is 66.3 Å². The third-order valence-electron chi connectivity index (χ3n) is 10.3. The van der Waals surface area contributed by atoms with E-state index in [2.05, 4.69) is 54.6 Å². The van der Waals surface area contributed by atoms with E-state index in [9.17, 15) is 19.8 Å². The summed E-state index contributed by atoms with van der Waals surface area (Å²) < 4.78 is 24.8. The molecule has 0 spiro atoms. The minimum atomic E-state index is -2.56. The van der Waals surface area contributed by atoms with Gasteiger partial charge in [0.1, 0.15) is 0 Å². The zero-order valence-corrected chi connectivity index (χ0v) is 36.2. The summed E-state index contributed by atoms with van der Waals surface area (Å²) in [6, 6.07) is 1.66. The maximum atomic E-state index is 13.5. The van der Waals surface area contributed by atoms with Gasteiger partial charge >= 0.3 is 233 Å². The summed E-state index contributed by atoms with van der Waals surface area (Å²) in [5.41, 5.74) is 2.64. The molecular formula is C40H66N2O7SSn. The normalized spacial score (nSPS) is 21.4. The van der Waals surface area contributed by atoms with Crippen LogP contribution in [0.1, 0.15) is 112 Å². The standard InChI is InChI=1S/C28H39N2O7S.3C4H9.Sn/c1-7-18(35-6)13-23(32)29-20-14-21-27(38-15-24(33)30-21)19(25(20)34)10-8-9-16(2)26-17(3)22(11-12-31)36-28(4,5)37-26;3*1-3-4-2;/h1,7,9,14,17-18,22,26,31,34H,8,10-13,15H2,2-6H3,(H,29,32)(H,30,33);3*1,3-4H2,2H3;/b7-1?,16-9-;;;;/t17-,18-,22-,26-;;;;/m0..../s1. The molecule has 0 radical (unpaired) electrons. The fourth-order valence-corrected chi connectivity index (χ4v) is 22.8. The summed E-state index contributed by atoms with van der Waals surface area (Å²) in [6.45, 7) is 14.8. The van der Waals surface area contributed by atoms with Crippen LogP contribution in [0.2, 0.25) is 13.3 Å². The van der Waals surface area contributed by atoms with Gasteiger partial charge in [0.25, 0.3) is 0 Å². The Hall–Kier alpha value is -1.57. The maximum absolute atomic E-state index is 13.5. The van der Waals surface area contributed by atoms with Crippen LogP contribution < -0.4 is 10.6 Å². The van der Waals surface area contributed by atoms with Gasteiger partial charge in [0.05, 0.1) is 12.2 Å². The molecule has 1 saturated heterocycles. The summed E-state index contributed by atoms with van der Waals surface area (Å²) in [5.74, 6) is -0.792. The Morgan fingerprint density at radius 1 is 1.16 bits per heavy atom. The van der Waals surface area contributed by atoms with Gasteiger partial charge in [-0.1, -0.05) is 6.92 Å². The van der Waals surface area contributed by atoms with Gasteiger partial charge in [0, 0.05) is 12.5 Å². The number of hydrogen-bond donors (Lipinski definition) is 4. The molecule has 51 heavy (non-hydrogen) atoms. The Kier molecular flexibility index (Phi) is 18.4. The van der Waals surface area contributed by atoms with Crippen LogP contribution in [0.15, 0.2) is 32.8 Å². The number of aromatic hydroxyl groups is 1. The molecule has 2 aliphatic rings. The quantitative estimate of drug-likeness (QED) is 0.0418. The number of phenolic OH excluding ortho intramolecular Hbond substituents is 1. The Bertz CT molecular complexity index is 1330. The number of nitrogens with one attached hydrogen (secondary N) is 2. The molecule has 2 heterocycles. The van der Waals surface area contributed by atoms with Crippen LogP contribution in [-0.2, 0) is 30.2 Å². The first kappa shape index (κ1) is 43.8. The van der Waals surface area contributed by atoms with Gasteiger partial charge in [-0.3, -0.25) is 0 Å². The second-order valence-electron chi connectivity index (χ2n) is 15.0. The van der Waals surface area contributed by atoms with Crippen molar-refractivity contribution >= 4 is 53.3 Å². The van der Waals surface area contributed by atoms with Crippen molar-refractivity contribution in [2.24, 2.45) is 5.92 Å². The summed E-state index contributed by atoms with van der Waals surface area (Å²) in [7, 11) is 1.65. The molecule has 9 nitrogen and oxygen atoms in total. The summed E-state index contributed by atoms with van der Waals surface area (Å²) in [5, 5.41) is 27.0. The number of amides is 2. The molecule has 4 atom stereocenters. The zero-order valence-electron chi connectivity index (χ0n) is 32.6. The number of hydrogen-bond acceptors (Lipinski definition) is 8. The number of aliphatic hydroxyl groups excluding tert-OH is 1. The molecule has 4 N–H and O–H groups in total. The molecule has 11 heteroatoms. The van der Waals surface area contributed by atoms with Gasteiger partial charge < -0.3 is 14.6 Å². The number of unbranched alkanes of at least 4 members (excludes halogenated alkanes) is 3. The van der Waals surface area contributed by atoms with Crippen LogP contribution in [0.25, 0.3) is 0 Å². The average Bonchev–Trinajstić information content (AvgIpc) is 3.09. The number of carbonyl (C=O) groups is 2. The molecule has 0 unspecified atom stereocenters. The van der Waals surface area contributed by atoms with Crippen molar-refractivity contribution in [3.8, 4) is 5.75 Å². The number of phenols is 1. The van der Waals surface area contributed by atoms with Crippen molar-refractivity contribution in [3.05, 3.63) is 33.4 Å². The molecule has 3 rings (SSSR count). The number of benzene rings is 1. The van der Waals surface area contributed by atoms with E-state index >= 15 is 0 Å². The fraction of sp³-hybridized carbons (Fsp3) is 0.700. The number of fused-ring (bicyclic) bond motifs is 1. The SMILES string of the molecule is CCC[CH2][Sn](/[CH]=C/[C@@H](CC(=O)Nc1cc2c(c(CC/C=C(/C)[C@@H]3OC(C)(C)O[C@@H](CCO)[C@@H]3C)c1O)SCC(=O)N2)OC)([CH2]CCC)[CH2]CCC. The third-order valence-corrected chi connectivity index (χ3v) is 25.6. The number of aliphatic hydroxyl groups is 1. The number of methoxy groups -OCH3 is 1. The molecule has 0 aliphatic carbocycles. The van der Waals surface area contributed by atoms with Crippen LogP contribution in [0.3, 0.4) is 0 Å². The number of thioether (sulfide) groups is 1. The fourth-order valence-electron chi connectivity index (χ4n) is 7.38. The number of allylic oxidation sites excluding steroid dienone is 1. The Balaban J connectivity index is 1.80. The number of carbonyl (C=O) groups excluding carboxylic acids is 2. The van der Waals surface area contributed by atoms with E-state index < -0.39 is 24.2 Å². The van der Waals surface area contributed by atoms with Crippen molar-refractivity contribution in [3.63, 3.8) is 0 Å². The van der Waals surface area contributed by atoms with E-state index in [0.717, 1.165) is 10.5 Å². The first-order valence-corrected chi connectivity index (χ1v) is 28.0. The molecule has 1 aromatic carbocycles. The van der Waals surface area contributed by atoms with E-state index in [0.29, 0.717) is 30.5 Å². The van der Waals surface area contributed by atoms with Crippen molar-refractivity contribution in [2.75, 3.05) is 30.1 Å². The van der Waals surface area contributed by atoms with Crippen molar-refractivity contribution in [1.29, 1.82) is 0 Å². The Labute approximate surface area is 316 Å². The van der Waals surface area contributed by atoms with Gasteiger partial charge in [0.15, 0.2) is 5.79 Å². The monoisotopic (exact) mass is 838 g/mol. The van der Waals surface area contributed by atoms with Gasteiger partial charge in [0.2, 0.25) is 0 Å². The van der Waals surface area contributed by atoms with Crippen LogP contribution in [0.5, 0.6) is 5.75 Å². The Morgan fingerprint density at radius 2 is 1.80 bits per heavy atom. The van der Waals surface area contributed by atoms with Crippen LogP contribution in [0.4, 0.5) is 11.4 Å². The molecule has 0 aromatic heterocycles. The molecule has 0 saturated carbocycles. The first-order valence-electron chi connectivity index (χ1n) is 19.3. The van der Waals surface area contributed by atoms with E-state index in [1.807, 2.05) is 20.8 Å².